The molecule has 1 unspecified atom stereocenters. The van der Waals surface area contributed by atoms with Crippen LogP contribution in [0.2, 0.25) is 0 Å². The first-order valence-corrected chi connectivity index (χ1v) is 10.7. The number of pyridine rings is 1. The normalized spacial score (nSPS) is 33.4. The Morgan fingerprint density at radius 2 is 2.00 bits per heavy atom. The second-order valence-electron chi connectivity index (χ2n) is 8.54. The molecule has 10 heteroatoms. The van der Waals surface area contributed by atoms with Crippen molar-refractivity contribution >= 4 is 11.8 Å². The van der Waals surface area contributed by atoms with Crippen molar-refractivity contribution in [3.05, 3.63) is 53.2 Å². The van der Waals surface area contributed by atoms with Gasteiger partial charge in [-0.05, 0) is 24.2 Å². The summed E-state index contributed by atoms with van der Waals surface area (Å²) in [6.45, 7) is -1.10. The van der Waals surface area contributed by atoms with Crippen LogP contribution in [0.15, 0.2) is 36.5 Å². The van der Waals surface area contributed by atoms with Gasteiger partial charge in [0.05, 0.1) is 12.2 Å². The zero-order chi connectivity index (χ0) is 25.8. The third kappa shape index (κ3) is 3.94. The number of carboxylic acid groups (broad SMARTS) is 1. The number of aliphatic hydroxyl groups excluding tert-OH is 3. The molecule has 0 radical (unpaired) electrons. The topological polar surface area (TPSA) is 136 Å². The molecule has 0 amide bonds. The Hall–Kier alpha value is -2.76. The Balaban J connectivity index is 1.46. The molecule has 0 spiro atoms. The number of likely N-dealkylation sites (N-methyl/N-ethyl adjacent to an activating group) is 1. The molecule has 10 nitrogen and oxygen atoms in total. The fraction of sp³-hybridized carbons (Fsp3) is 0.478. The molecule has 3 aliphatic heterocycles. The Kier molecular flexibility index (Phi) is 4.83. The van der Waals surface area contributed by atoms with E-state index in [4.69, 9.17) is 13.6 Å². The highest BCUT2D eigenvalue weighted by atomic mass is 16.7. The second-order valence-corrected chi connectivity index (χ2v) is 8.54. The van der Waals surface area contributed by atoms with Gasteiger partial charge in [0.2, 0.25) is 6.29 Å². The summed E-state index contributed by atoms with van der Waals surface area (Å²) >= 11 is 0. The van der Waals surface area contributed by atoms with Crippen LogP contribution in [-0.2, 0) is 16.0 Å². The standard InChI is InChI=1S/C23H27N3O7/c1-25-6-7-26-16(11-25)15-5-3-2-4-12(15)8-13-9-14(10-24-21(13)26)32-23-19(29)17(27)18(28)20(33-23)22(30)31/h2-5,9-10,16-20,23,27-29H,6-8,11H2,1H3,(H,30,31)/t16?,17-,18-,19+,20-,23+/m0/s1/i1D3. The maximum atomic E-state index is 11.4. The van der Waals surface area contributed by atoms with Gasteiger partial charge in [0.25, 0.3) is 0 Å². The molecule has 1 aromatic carbocycles. The zero-order valence-electron chi connectivity index (χ0n) is 20.6. The van der Waals surface area contributed by atoms with E-state index < -0.39 is 43.7 Å². The molecular weight excluding hydrogens is 430 g/mol. The van der Waals surface area contributed by atoms with Gasteiger partial charge in [-0.25, -0.2) is 9.78 Å². The number of carbonyl (C=O) groups is 1. The van der Waals surface area contributed by atoms with Crippen molar-refractivity contribution in [1.82, 2.24) is 9.88 Å². The molecule has 2 aromatic rings. The van der Waals surface area contributed by atoms with E-state index in [9.17, 15) is 25.2 Å². The number of anilines is 1. The van der Waals surface area contributed by atoms with E-state index in [-0.39, 0.29) is 11.8 Å². The van der Waals surface area contributed by atoms with Crippen LogP contribution in [0.1, 0.15) is 26.8 Å². The lowest BCUT2D eigenvalue weighted by Crippen LogP contribution is -2.61. The fourth-order valence-corrected chi connectivity index (χ4v) is 4.75. The van der Waals surface area contributed by atoms with Crippen LogP contribution in [0.5, 0.6) is 5.75 Å². The fourth-order valence-electron chi connectivity index (χ4n) is 4.75. The lowest BCUT2D eigenvalue weighted by Gasteiger charge is -2.41. The molecule has 4 heterocycles. The van der Waals surface area contributed by atoms with Crippen molar-refractivity contribution in [2.24, 2.45) is 0 Å². The average Bonchev–Trinajstić information content (AvgIpc) is 2.97. The number of hydrogen-bond donors (Lipinski definition) is 4. The Labute approximate surface area is 194 Å². The van der Waals surface area contributed by atoms with Gasteiger partial charge in [0.1, 0.15) is 29.9 Å². The van der Waals surface area contributed by atoms with Gasteiger partial charge in [0, 0.05) is 35.7 Å². The van der Waals surface area contributed by atoms with E-state index in [1.54, 1.807) is 6.07 Å². The van der Waals surface area contributed by atoms with E-state index in [1.165, 1.54) is 11.1 Å². The highest BCUT2D eigenvalue weighted by Crippen LogP contribution is 2.39. The minimum Gasteiger partial charge on any atom is -0.479 e. The summed E-state index contributed by atoms with van der Waals surface area (Å²) in [7, 11) is 0. The molecule has 2 saturated heterocycles. The minimum absolute atomic E-state index is 0.183. The van der Waals surface area contributed by atoms with Crippen LogP contribution >= 0.6 is 0 Å². The van der Waals surface area contributed by atoms with Gasteiger partial charge in [0.15, 0.2) is 6.10 Å². The monoisotopic (exact) mass is 460 g/mol. The van der Waals surface area contributed by atoms with E-state index in [2.05, 4.69) is 9.88 Å². The molecule has 0 bridgehead atoms. The van der Waals surface area contributed by atoms with Crippen molar-refractivity contribution in [1.29, 1.82) is 0 Å². The van der Waals surface area contributed by atoms with Gasteiger partial charge in [-0.2, -0.15) is 0 Å². The number of benzene rings is 1. The first kappa shape index (κ1) is 18.6. The van der Waals surface area contributed by atoms with Crippen LogP contribution < -0.4 is 9.64 Å². The number of fused-ring (bicyclic) bond motifs is 5. The Morgan fingerprint density at radius 1 is 1.18 bits per heavy atom. The molecule has 176 valence electrons. The molecule has 0 aliphatic carbocycles. The molecule has 6 atom stereocenters. The number of aliphatic carboxylic acids is 1. The van der Waals surface area contributed by atoms with Crippen molar-refractivity contribution in [2.45, 2.75) is 43.2 Å². The molecule has 1 aromatic heterocycles. The van der Waals surface area contributed by atoms with Crippen molar-refractivity contribution in [2.75, 3.05) is 31.5 Å². The smallest absolute Gasteiger partial charge is 0.335 e. The van der Waals surface area contributed by atoms with Crippen LogP contribution in [0.4, 0.5) is 5.82 Å². The largest absolute Gasteiger partial charge is 0.479 e. The van der Waals surface area contributed by atoms with Gasteiger partial charge < -0.3 is 39.7 Å². The summed E-state index contributed by atoms with van der Waals surface area (Å²) in [5, 5.41) is 39.5. The highest BCUT2D eigenvalue weighted by Gasteiger charge is 2.48. The summed E-state index contributed by atoms with van der Waals surface area (Å²) in [5.41, 5.74) is 2.82. The second kappa shape index (κ2) is 8.54. The quantitative estimate of drug-likeness (QED) is 0.485. The molecule has 5 rings (SSSR count). The summed E-state index contributed by atoms with van der Waals surface area (Å²) in [6, 6.07) is 9.30. The van der Waals surface area contributed by atoms with E-state index in [1.807, 2.05) is 24.3 Å². The van der Waals surface area contributed by atoms with Crippen molar-refractivity contribution < 1.29 is 38.8 Å². The van der Waals surface area contributed by atoms with Gasteiger partial charge >= 0.3 is 5.97 Å². The van der Waals surface area contributed by atoms with Gasteiger partial charge in [-0.3, -0.25) is 0 Å². The predicted octanol–water partition coefficient (Wildman–Crippen LogP) is -0.250. The first-order chi connectivity index (χ1) is 17.0. The minimum atomic E-state index is -2.20. The maximum absolute atomic E-state index is 11.4. The number of nitrogens with zero attached hydrogens (tertiary/aromatic N) is 3. The van der Waals surface area contributed by atoms with E-state index >= 15 is 0 Å². The first-order valence-electron chi connectivity index (χ1n) is 12.2. The summed E-state index contributed by atoms with van der Waals surface area (Å²) < 4.78 is 34.5. The number of rotatable bonds is 3. The summed E-state index contributed by atoms with van der Waals surface area (Å²) in [6.07, 6.45) is -6.70. The van der Waals surface area contributed by atoms with Crippen molar-refractivity contribution in [3.8, 4) is 5.75 Å². The predicted molar refractivity (Wildman–Crippen MR) is 116 cm³/mol. The highest BCUT2D eigenvalue weighted by molar-refractivity contribution is 5.73. The molecule has 0 saturated carbocycles. The molecule has 33 heavy (non-hydrogen) atoms. The van der Waals surface area contributed by atoms with Gasteiger partial charge in [-0.15, -0.1) is 0 Å². The summed E-state index contributed by atoms with van der Waals surface area (Å²) in [4.78, 5) is 19.6. The Bertz CT molecular complexity index is 1150. The number of piperazine rings is 1. The number of ether oxygens (including phenoxy) is 2. The molecular formula is C23H27N3O7. The van der Waals surface area contributed by atoms with Gasteiger partial charge in [-0.1, -0.05) is 24.3 Å². The molecule has 3 aliphatic rings. The van der Waals surface area contributed by atoms with Crippen LogP contribution in [0, 0.1) is 0 Å². The molecule has 4 N–H and O–H groups in total. The summed E-state index contributed by atoms with van der Waals surface area (Å²) in [5.74, 6) is -0.638. The molecule has 2 fully saturated rings. The maximum Gasteiger partial charge on any atom is 0.335 e. The number of hydrogen-bond acceptors (Lipinski definition) is 9. The zero-order valence-corrected chi connectivity index (χ0v) is 17.6. The third-order valence-electron chi connectivity index (χ3n) is 6.43. The van der Waals surface area contributed by atoms with E-state index in [0.717, 1.165) is 16.7 Å². The number of carboxylic acids is 1. The Morgan fingerprint density at radius 3 is 2.79 bits per heavy atom. The average molecular weight is 461 g/mol. The van der Waals surface area contributed by atoms with Crippen LogP contribution in [0.25, 0.3) is 0 Å². The van der Waals surface area contributed by atoms with E-state index in [0.29, 0.717) is 31.9 Å². The number of aromatic nitrogens is 1. The lowest BCUT2D eigenvalue weighted by atomic mass is 9.96. The van der Waals surface area contributed by atoms with Crippen molar-refractivity contribution in [3.63, 3.8) is 0 Å². The third-order valence-corrected chi connectivity index (χ3v) is 6.43. The SMILES string of the molecule is [2H]C([2H])([2H])N1CCN2c3ncc(O[C@@H]4O[C@H](C(=O)O)[C@@H](O)[C@H](O)[C@H]4O)cc3Cc3ccccc3C2C1. The van der Waals surface area contributed by atoms with Crippen LogP contribution in [-0.4, -0.2) is 93.6 Å². The lowest BCUT2D eigenvalue weighted by molar-refractivity contribution is -0.271. The van der Waals surface area contributed by atoms with Crippen LogP contribution in [0.3, 0.4) is 0 Å². The number of aliphatic hydroxyl groups is 3.